The maximum absolute atomic E-state index is 12.2. The van der Waals surface area contributed by atoms with Gasteiger partial charge in [-0.1, -0.05) is 26.0 Å². The molecule has 1 aromatic heterocycles. The number of carbonyl (C=O) groups is 2. The zero-order valence-electron chi connectivity index (χ0n) is 17.3. The van der Waals surface area contributed by atoms with Crippen LogP contribution in [-0.2, 0) is 16.1 Å². The summed E-state index contributed by atoms with van der Waals surface area (Å²) in [6.45, 7) is 9.57. The van der Waals surface area contributed by atoms with Gasteiger partial charge >= 0.3 is 11.7 Å². The summed E-state index contributed by atoms with van der Waals surface area (Å²) >= 11 is 0. The second kappa shape index (κ2) is 9.31. The third-order valence-corrected chi connectivity index (χ3v) is 4.39. The van der Waals surface area contributed by atoms with Crippen LogP contribution < -0.4 is 5.32 Å². The number of benzene rings is 1. The second-order valence-electron chi connectivity index (χ2n) is 7.32. The molecule has 0 unspecified atom stereocenters. The van der Waals surface area contributed by atoms with Crippen LogP contribution >= 0.6 is 0 Å². The fourth-order valence-corrected chi connectivity index (χ4v) is 2.76. The van der Waals surface area contributed by atoms with E-state index in [-0.39, 0.29) is 11.6 Å². The van der Waals surface area contributed by atoms with Crippen molar-refractivity contribution in [1.82, 2.24) is 15.1 Å². The molecule has 0 spiro atoms. The number of esters is 1. The molecule has 9 nitrogen and oxygen atoms in total. The number of hydrogen-bond donors (Lipinski definition) is 1. The summed E-state index contributed by atoms with van der Waals surface area (Å²) in [5.74, 6) is -0.627. The highest BCUT2D eigenvalue weighted by Gasteiger charge is 2.22. The minimum atomic E-state index is -0.892. The Kier molecular flexibility index (Phi) is 7.08. The number of carbonyl (C=O) groups excluding carboxylic acids is 2. The Morgan fingerprint density at radius 1 is 1.21 bits per heavy atom. The molecule has 29 heavy (non-hydrogen) atoms. The molecule has 0 fully saturated rings. The summed E-state index contributed by atoms with van der Waals surface area (Å²) in [5, 5.41) is 18.0. The van der Waals surface area contributed by atoms with Crippen molar-refractivity contribution < 1.29 is 19.2 Å². The molecule has 1 aromatic carbocycles. The number of nitro groups is 1. The third kappa shape index (κ3) is 5.63. The van der Waals surface area contributed by atoms with Crippen LogP contribution in [0, 0.1) is 29.9 Å². The lowest BCUT2D eigenvalue weighted by Crippen LogP contribution is -2.37. The van der Waals surface area contributed by atoms with E-state index in [0.29, 0.717) is 36.0 Å². The maximum Gasteiger partial charge on any atom is 0.338 e. The molecule has 1 atom stereocenters. The summed E-state index contributed by atoms with van der Waals surface area (Å²) in [7, 11) is 0. The molecule has 9 heteroatoms. The molecule has 156 valence electrons. The first-order chi connectivity index (χ1) is 13.6. The van der Waals surface area contributed by atoms with E-state index in [9.17, 15) is 19.7 Å². The molecule has 0 bridgehead atoms. The number of nitrogens with zero attached hydrogens (tertiary/aromatic N) is 3. The Morgan fingerprint density at radius 2 is 1.83 bits per heavy atom. The largest absolute Gasteiger partial charge is 0.449 e. The maximum atomic E-state index is 12.2. The fourth-order valence-electron chi connectivity index (χ4n) is 2.76. The van der Waals surface area contributed by atoms with Crippen LogP contribution in [0.2, 0.25) is 0 Å². The molecule has 0 saturated heterocycles. The Hall–Kier alpha value is -3.23. The first kappa shape index (κ1) is 22.1. The molecule has 0 radical (unpaired) electrons. The zero-order chi connectivity index (χ0) is 21.7. The van der Waals surface area contributed by atoms with Gasteiger partial charge in [-0.25, -0.2) is 4.79 Å². The zero-order valence-corrected chi connectivity index (χ0v) is 17.3. The number of hydrogen-bond acceptors (Lipinski definition) is 6. The van der Waals surface area contributed by atoms with Crippen molar-refractivity contribution in [2.45, 2.75) is 47.3 Å². The SMILES string of the molecule is Cc1nn(Cc2ccc(C(=O)O[C@H](C)C(=O)NCC(C)C)cc2)c(C)c1[N+](=O)[O-]. The first-order valence-electron chi connectivity index (χ1n) is 9.36. The molecular weight excluding hydrogens is 376 g/mol. The van der Waals surface area contributed by atoms with Gasteiger partial charge in [0.25, 0.3) is 5.91 Å². The van der Waals surface area contributed by atoms with E-state index in [4.69, 9.17) is 4.74 Å². The van der Waals surface area contributed by atoms with E-state index in [2.05, 4.69) is 10.4 Å². The smallest absolute Gasteiger partial charge is 0.338 e. The fraction of sp³-hybridized carbons (Fsp3) is 0.450. The molecule has 1 amide bonds. The quantitative estimate of drug-likeness (QED) is 0.412. The molecule has 2 rings (SSSR count). The van der Waals surface area contributed by atoms with Crippen LogP contribution in [0.3, 0.4) is 0 Å². The molecule has 1 N–H and O–H groups in total. The Morgan fingerprint density at radius 3 is 2.34 bits per heavy atom. The van der Waals surface area contributed by atoms with E-state index in [1.807, 2.05) is 13.8 Å². The number of aromatic nitrogens is 2. The van der Waals surface area contributed by atoms with Crippen LogP contribution in [0.15, 0.2) is 24.3 Å². The molecule has 2 aromatic rings. The summed E-state index contributed by atoms with van der Waals surface area (Å²) in [6.07, 6.45) is -0.892. The normalized spacial score (nSPS) is 11.9. The number of ether oxygens (including phenoxy) is 1. The number of aryl methyl sites for hydroxylation is 1. The first-order valence-corrected chi connectivity index (χ1v) is 9.36. The van der Waals surface area contributed by atoms with E-state index >= 15 is 0 Å². The minimum absolute atomic E-state index is 0.00919. The molecule has 0 aliphatic carbocycles. The van der Waals surface area contributed by atoms with Crippen molar-refractivity contribution in [2.24, 2.45) is 5.92 Å². The Balaban J connectivity index is 2.01. The highest BCUT2D eigenvalue weighted by molar-refractivity contribution is 5.92. The highest BCUT2D eigenvalue weighted by Crippen LogP contribution is 2.22. The lowest BCUT2D eigenvalue weighted by atomic mass is 10.1. The van der Waals surface area contributed by atoms with Crippen LogP contribution in [0.1, 0.15) is 48.1 Å². The number of amides is 1. The van der Waals surface area contributed by atoms with Gasteiger partial charge in [-0.3, -0.25) is 19.6 Å². The van der Waals surface area contributed by atoms with E-state index < -0.39 is 17.0 Å². The van der Waals surface area contributed by atoms with Crippen molar-refractivity contribution in [2.75, 3.05) is 6.54 Å². The Labute approximate surface area is 169 Å². The van der Waals surface area contributed by atoms with Crippen LogP contribution in [0.5, 0.6) is 0 Å². The predicted octanol–water partition coefficient (Wildman–Crippen LogP) is 2.77. The van der Waals surface area contributed by atoms with Gasteiger partial charge in [0, 0.05) is 6.54 Å². The van der Waals surface area contributed by atoms with Gasteiger partial charge in [0.1, 0.15) is 11.4 Å². The number of nitrogens with one attached hydrogen (secondary N) is 1. The lowest BCUT2D eigenvalue weighted by molar-refractivity contribution is -0.386. The molecular formula is C20H26N4O5. The van der Waals surface area contributed by atoms with E-state index in [0.717, 1.165) is 5.56 Å². The Bertz CT molecular complexity index is 902. The van der Waals surface area contributed by atoms with E-state index in [1.54, 1.807) is 42.8 Å². The van der Waals surface area contributed by atoms with Crippen LogP contribution in [-0.4, -0.2) is 39.2 Å². The van der Waals surface area contributed by atoms with Crippen molar-refractivity contribution in [3.8, 4) is 0 Å². The van der Waals surface area contributed by atoms with Gasteiger partial charge in [0.2, 0.25) is 0 Å². The predicted molar refractivity (Wildman–Crippen MR) is 107 cm³/mol. The molecule has 1 heterocycles. The summed E-state index contributed by atoms with van der Waals surface area (Å²) < 4.78 is 6.77. The molecule has 0 aliphatic heterocycles. The van der Waals surface area contributed by atoms with E-state index in [1.165, 1.54) is 6.92 Å². The van der Waals surface area contributed by atoms with Crippen molar-refractivity contribution in [3.63, 3.8) is 0 Å². The minimum Gasteiger partial charge on any atom is -0.449 e. The summed E-state index contributed by atoms with van der Waals surface area (Å²) in [5.41, 5.74) is 1.98. The number of rotatable bonds is 8. The van der Waals surface area contributed by atoms with Crippen molar-refractivity contribution in [3.05, 3.63) is 56.9 Å². The van der Waals surface area contributed by atoms with Gasteiger partial charge in [-0.2, -0.15) is 5.10 Å². The van der Waals surface area contributed by atoms with Gasteiger partial charge in [-0.05, 0) is 44.4 Å². The van der Waals surface area contributed by atoms with Gasteiger partial charge < -0.3 is 10.1 Å². The standard InChI is InChI=1S/C20H26N4O5/c1-12(2)10-21-19(25)15(5)29-20(26)17-8-6-16(7-9-17)11-23-14(4)18(24(27)28)13(3)22-23/h6-9,12,15H,10-11H2,1-5H3,(H,21,25)/t15-/m1/s1. The van der Waals surface area contributed by atoms with Gasteiger partial charge in [0.05, 0.1) is 17.0 Å². The third-order valence-electron chi connectivity index (χ3n) is 4.39. The highest BCUT2D eigenvalue weighted by atomic mass is 16.6. The van der Waals surface area contributed by atoms with Crippen molar-refractivity contribution >= 4 is 17.6 Å². The van der Waals surface area contributed by atoms with Crippen LogP contribution in [0.4, 0.5) is 5.69 Å². The van der Waals surface area contributed by atoms with Crippen LogP contribution in [0.25, 0.3) is 0 Å². The van der Waals surface area contributed by atoms with Crippen molar-refractivity contribution in [1.29, 1.82) is 0 Å². The average molecular weight is 402 g/mol. The van der Waals surface area contributed by atoms with Gasteiger partial charge in [-0.15, -0.1) is 0 Å². The summed E-state index contributed by atoms with van der Waals surface area (Å²) in [6, 6.07) is 6.64. The monoisotopic (exact) mass is 402 g/mol. The lowest BCUT2D eigenvalue weighted by Gasteiger charge is -2.14. The molecule has 0 aliphatic rings. The second-order valence-corrected chi connectivity index (χ2v) is 7.32. The summed E-state index contributed by atoms with van der Waals surface area (Å²) in [4.78, 5) is 34.9. The average Bonchev–Trinajstić information content (AvgIpc) is 2.93. The van der Waals surface area contributed by atoms with Gasteiger partial charge in [0.15, 0.2) is 6.10 Å². The topological polar surface area (TPSA) is 116 Å². The molecule has 0 saturated carbocycles.